The number of hydrogen-bond acceptors (Lipinski definition) is 2. The molecule has 1 aromatic rings. The van der Waals surface area contributed by atoms with Crippen LogP contribution in [0.3, 0.4) is 0 Å². The van der Waals surface area contributed by atoms with Crippen molar-refractivity contribution in [3.8, 4) is 0 Å². The van der Waals surface area contributed by atoms with Gasteiger partial charge in [-0.05, 0) is 25.1 Å². The van der Waals surface area contributed by atoms with Crippen LogP contribution >= 0.6 is 24.0 Å². The van der Waals surface area contributed by atoms with Crippen molar-refractivity contribution in [1.29, 1.82) is 0 Å². The Labute approximate surface area is 117 Å². The van der Waals surface area contributed by atoms with Gasteiger partial charge in [-0.1, -0.05) is 11.6 Å². The van der Waals surface area contributed by atoms with Crippen LogP contribution in [0.25, 0.3) is 0 Å². The quantitative estimate of drug-likeness (QED) is 0.862. The largest absolute Gasteiger partial charge is 0.333 e. The van der Waals surface area contributed by atoms with E-state index in [0.29, 0.717) is 12.1 Å². The van der Waals surface area contributed by atoms with Gasteiger partial charge >= 0.3 is 0 Å². The van der Waals surface area contributed by atoms with E-state index < -0.39 is 5.82 Å². The van der Waals surface area contributed by atoms with E-state index in [1.807, 2.05) is 6.92 Å². The standard InChI is InChI=1S/C12H14ClFN2O.ClH/c1-8-7-15-4-5-16(8)12(17)10-3-2-9(14)6-11(10)13;/h2-3,6,8,15H,4-5,7H2,1H3;1H. The first-order chi connectivity index (χ1) is 8.09. The first-order valence-corrected chi connectivity index (χ1v) is 5.94. The van der Waals surface area contributed by atoms with Crippen molar-refractivity contribution in [1.82, 2.24) is 10.2 Å². The van der Waals surface area contributed by atoms with Gasteiger partial charge in [0.25, 0.3) is 5.91 Å². The summed E-state index contributed by atoms with van der Waals surface area (Å²) in [4.78, 5) is 14.0. The van der Waals surface area contributed by atoms with Crippen molar-refractivity contribution in [3.63, 3.8) is 0 Å². The van der Waals surface area contributed by atoms with E-state index in [1.165, 1.54) is 18.2 Å². The number of nitrogens with one attached hydrogen (secondary N) is 1. The second-order valence-corrected chi connectivity index (χ2v) is 4.58. The fraction of sp³-hybridized carbons (Fsp3) is 0.417. The molecule has 0 aliphatic carbocycles. The molecular weight excluding hydrogens is 278 g/mol. The first kappa shape index (κ1) is 15.2. The van der Waals surface area contributed by atoms with Crippen LogP contribution in [0.4, 0.5) is 4.39 Å². The Hall–Kier alpha value is -0.840. The van der Waals surface area contributed by atoms with Gasteiger partial charge in [0.2, 0.25) is 0 Å². The Morgan fingerprint density at radius 1 is 1.56 bits per heavy atom. The van der Waals surface area contributed by atoms with E-state index in [4.69, 9.17) is 11.6 Å². The van der Waals surface area contributed by atoms with Gasteiger partial charge in [0.05, 0.1) is 10.6 Å². The summed E-state index contributed by atoms with van der Waals surface area (Å²) in [5, 5.41) is 3.38. The van der Waals surface area contributed by atoms with E-state index in [-0.39, 0.29) is 29.4 Å². The summed E-state index contributed by atoms with van der Waals surface area (Å²) in [6, 6.07) is 3.99. The number of carbonyl (C=O) groups is 1. The van der Waals surface area contributed by atoms with E-state index in [0.717, 1.165) is 13.1 Å². The van der Waals surface area contributed by atoms with Crippen LogP contribution in [0, 0.1) is 5.82 Å². The predicted molar refractivity (Wildman–Crippen MR) is 72.0 cm³/mol. The molecule has 1 unspecified atom stereocenters. The Bertz CT molecular complexity index is 442. The van der Waals surface area contributed by atoms with E-state index in [2.05, 4.69) is 5.32 Å². The van der Waals surface area contributed by atoms with E-state index in [9.17, 15) is 9.18 Å². The highest BCUT2D eigenvalue weighted by Gasteiger charge is 2.25. The van der Waals surface area contributed by atoms with Gasteiger partial charge in [-0.3, -0.25) is 4.79 Å². The van der Waals surface area contributed by atoms with Gasteiger partial charge < -0.3 is 10.2 Å². The molecule has 2 rings (SSSR count). The maximum absolute atomic E-state index is 12.9. The zero-order chi connectivity index (χ0) is 12.4. The molecule has 18 heavy (non-hydrogen) atoms. The maximum Gasteiger partial charge on any atom is 0.255 e. The van der Waals surface area contributed by atoms with Crippen molar-refractivity contribution >= 4 is 29.9 Å². The number of halogens is 3. The molecular formula is C12H15Cl2FN2O. The lowest BCUT2D eigenvalue weighted by Gasteiger charge is -2.34. The lowest BCUT2D eigenvalue weighted by atomic mass is 10.1. The smallest absolute Gasteiger partial charge is 0.255 e. The van der Waals surface area contributed by atoms with Crippen molar-refractivity contribution in [3.05, 3.63) is 34.6 Å². The molecule has 0 spiro atoms. The number of rotatable bonds is 1. The number of nitrogens with zero attached hydrogens (tertiary/aromatic N) is 1. The van der Waals surface area contributed by atoms with Crippen LogP contribution in [-0.4, -0.2) is 36.5 Å². The summed E-state index contributed by atoms with van der Waals surface area (Å²) in [7, 11) is 0. The third-order valence-corrected chi connectivity index (χ3v) is 3.24. The second kappa shape index (κ2) is 6.36. The zero-order valence-corrected chi connectivity index (χ0v) is 11.5. The highest BCUT2D eigenvalue weighted by atomic mass is 35.5. The van der Waals surface area contributed by atoms with Gasteiger partial charge in [0.15, 0.2) is 0 Å². The highest BCUT2D eigenvalue weighted by molar-refractivity contribution is 6.33. The lowest BCUT2D eigenvalue weighted by molar-refractivity contribution is 0.0656. The summed E-state index contributed by atoms with van der Waals surface area (Å²) >= 11 is 5.89. The molecule has 6 heteroatoms. The fourth-order valence-electron chi connectivity index (χ4n) is 1.96. The summed E-state index contributed by atoms with van der Waals surface area (Å²) < 4.78 is 12.9. The van der Waals surface area contributed by atoms with Crippen LogP contribution in [0.2, 0.25) is 5.02 Å². The van der Waals surface area contributed by atoms with Crippen molar-refractivity contribution < 1.29 is 9.18 Å². The molecule has 0 radical (unpaired) electrons. The highest BCUT2D eigenvalue weighted by Crippen LogP contribution is 2.20. The summed E-state index contributed by atoms with van der Waals surface area (Å²) in [6.07, 6.45) is 0. The number of carbonyl (C=O) groups excluding carboxylic acids is 1. The molecule has 0 aromatic heterocycles. The van der Waals surface area contributed by atoms with Crippen LogP contribution in [0.1, 0.15) is 17.3 Å². The summed E-state index contributed by atoms with van der Waals surface area (Å²) in [6.45, 7) is 4.16. The molecule has 1 heterocycles. The molecule has 3 nitrogen and oxygen atoms in total. The SMILES string of the molecule is CC1CNCCN1C(=O)c1ccc(F)cc1Cl.Cl. The number of amides is 1. The molecule has 1 fully saturated rings. The average molecular weight is 293 g/mol. The van der Waals surface area contributed by atoms with Gasteiger partial charge in [0.1, 0.15) is 5.82 Å². The average Bonchev–Trinajstić information content (AvgIpc) is 2.29. The molecule has 1 aliphatic heterocycles. The predicted octanol–water partition coefficient (Wildman–Crippen LogP) is 2.33. The molecule has 1 aliphatic rings. The maximum atomic E-state index is 12.9. The molecule has 1 atom stereocenters. The van der Waals surface area contributed by atoms with Crippen LogP contribution < -0.4 is 5.32 Å². The van der Waals surface area contributed by atoms with Crippen LogP contribution in [0.5, 0.6) is 0 Å². The topological polar surface area (TPSA) is 32.3 Å². The van der Waals surface area contributed by atoms with Gasteiger partial charge in [-0.2, -0.15) is 0 Å². The van der Waals surface area contributed by atoms with Crippen molar-refractivity contribution in [2.45, 2.75) is 13.0 Å². The van der Waals surface area contributed by atoms with Gasteiger partial charge in [-0.25, -0.2) is 4.39 Å². The number of benzene rings is 1. The Balaban J connectivity index is 0.00000162. The van der Waals surface area contributed by atoms with E-state index in [1.54, 1.807) is 4.90 Å². The first-order valence-electron chi connectivity index (χ1n) is 5.56. The lowest BCUT2D eigenvalue weighted by Crippen LogP contribution is -2.52. The Kier molecular flexibility index (Phi) is 5.38. The van der Waals surface area contributed by atoms with Gasteiger partial charge in [-0.15, -0.1) is 12.4 Å². The van der Waals surface area contributed by atoms with Crippen LogP contribution in [-0.2, 0) is 0 Å². The monoisotopic (exact) mass is 292 g/mol. The second-order valence-electron chi connectivity index (χ2n) is 4.18. The molecule has 1 N–H and O–H groups in total. The zero-order valence-electron chi connectivity index (χ0n) is 9.95. The van der Waals surface area contributed by atoms with Crippen molar-refractivity contribution in [2.75, 3.05) is 19.6 Å². The third kappa shape index (κ3) is 3.13. The summed E-state index contributed by atoms with van der Waals surface area (Å²) in [5.41, 5.74) is 0.363. The minimum Gasteiger partial charge on any atom is -0.333 e. The summed E-state index contributed by atoms with van der Waals surface area (Å²) in [5.74, 6) is -0.566. The third-order valence-electron chi connectivity index (χ3n) is 2.92. The van der Waals surface area contributed by atoms with E-state index >= 15 is 0 Å². The van der Waals surface area contributed by atoms with Crippen molar-refractivity contribution in [2.24, 2.45) is 0 Å². The molecule has 1 amide bonds. The molecule has 1 saturated heterocycles. The Morgan fingerprint density at radius 2 is 2.28 bits per heavy atom. The van der Waals surface area contributed by atoms with Gasteiger partial charge in [0, 0.05) is 25.7 Å². The Morgan fingerprint density at radius 3 is 2.89 bits per heavy atom. The normalized spacial score (nSPS) is 19.3. The molecule has 0 saturated carbocycles. The molecule has 1 aromatic carbocycles. The number of piperazine rings is 1. The number of hydrogen-bond donors (Lipinski definition) is 1. The molecule has 100 valence electrons. The minimum atomic E-state index is -0.431. The van der Waals surface area contributed by atoms with Crippen LogP contribution in [0.15, 0.2) is 18.2 Å². The molecule has 0 bridgehead atoms. The minimum absolute atomic E-state index is 0. The fourth-order valence-corrected chi connectivity index (χ4v) is 2.21.